The molecule has 1 aliphatic rings. The predicted molar refractivity (Wildman–Crippen MR) is 109 cm³/mol. The Morgan fingerprint density at radius 1 is 1.00 bits per heavy atom. The lowest BCUT2D eigenvalue weighted by atomic mass is 10.1. The Morgan fingerprint density at radius 3 is 2.37 bits per heavy atom. The fraction of sp³-hybridized carbons (Fsp3) is 0.0455. The SMILES string of the molecule is CC(=O)c1ccc(N2C(=O)/C(=C/c3cccs3)N=C2c2ccccc2)cc1. The minimum Gasteiger partial charge on any atom is -0.295 e. The molecule has 132 valence electrons. The summed E-state index contributed by atoms with van der Waals surface area (Å²) in [6, 6.07) is 20.5. The zero-order valence-corrected chi connectivity index (χ0v) is 15.4. The summed E-state index contributed by atoms with van der Waals surface area (Å²) in [6.45, 7) is 1.52. The third-order valence-corrected chi connectivity index (χ3v) is 5.07. The van der Waals surface area contributed by atoms with E-state index in [1.165, 1.54) is 6.92 Å². The lowest BCUT2D eigenvalue weighted by molar-refractivity contribution is -0.113. The van der Waals surface area contributed by atoms with Gasteiger partial charge in [0.15, 0.2) is 5.78 Å². The van der Waals surface area contributed by atoms with Crippen LogP contribution in [-0.2, 0) is 4.79 Å². The fourth-order valence-electron chi connectivity index (χ4n) is 2.89. The maximum atomic E-state index is 13.1. The number of carbonyl (C=O) groups excluding carboxylic acids is 2. The number of benzene rings is 2. The highest BCUT2D eigenvalue weighted by atomic mass is 32.1. The molecule has 0 saturated carbocycles. The Bertz CT molecular complexity index is 1050. The van der Waals surface area contributed by atoms with Crippen LogP contribution in [0.5, 0.6) is 0 Å². The first-order valence-electron chi connectivity index (χ1n) is 8.48. The first-order chi connectivity index (χ1) is 13.1. The Kier molecular flexibility index (Phi) is 4.52. The number of aliphatic imine (C=N–C) groups is 1. The van der Waals surface area contributed by atoms with E-state index in [2.05, 4.69) is 4.99 Å². The fourth-order valence-corrected chi connectivity index (χ4v) is 3.54. The first-order valence-corrected chi connectivity index (χ1v) is 9.36. The van der Waals surface area contributed by atoms with Crippen molar-refractivity contribution in [1.82, 2.24) is 0 Å². The molecule has 0 saturated heterocycles. The Hall–Kier alpha value is -3.31. The number of hydrogen-bond donors (Lipinski definition) is 0. The molecule has 0 spiro atoms. The van der Waals surface area contributed by atoms with Crippen LogP contribution in [0.2, 0.25) is 0 Å². The molecule has 2 aromatic carbocycles. The van der Waals surface area contributed by atoms with E-state index in [0.29, 0.717) is 22.8 Å². The molecule has 1 aliphatic heterocycles. The van der Waals surface area contributed by atoms with Crippen LogP contribution in [0.3, 0.4) is 0 Å². The van der Waals surface area contributed by atoms with Crippen LogP contribution in [0.4, 0.5) is 5.69 Å². The van der Waals surface area contributed by atoms with E-state index >= 15 is 0 Å². The van der Waals surface area contributed by atoms with Gasteiger partial charge in [-0.15, -0.1) is 11.3 Å². The summed E-state index contributed by atoms with van der Waals surface area (Å²) in [5.41, 5.74) is 2.54. The summed E-state index contributed by atoms with van der Waals surface area (Å²) in [4.78, 5) is 31.9. The number of thiophene rings is 1. The van der Waals surface area contributed by atoms with Crippen molar-refractivity contribution >= 4 is 40.6 Å². The average Bonchev–Trinajstić information content (AvgIpc) is 3.31. The number of anilines is 1. The van der Waals surface area contributed by atoms with Gasteiger partial charge in [0.25, 0.3) is 5.91 Å². The Balaban J connectivity index is 1.80. The van der Waals surface area contributed by atoms with Gasteiger partial charge in [-0.1, -0.05) is 36.4 Å². The minimum atomic E-state index is -0.183. The maximum Gasteiger partial charge on any atom is 0.282 e. The molecule has 0 radical (unpaired) electrons. The van der Waals surface area contributed by atoms with Gasteiger partial charge in [0.05, 0.1) is 5.69 Å². The van der Waals surface area contributed by atoms with Crippen molar-refractivity contribution < 1.29 is 9.59 Å². The Labute approximate surface area is 161 Å². The molecule has 0 N–H and O–H groups in total. The number of rotatable bonds is 4. The van der Waals surface area contributed by atoms with Gasteiger partial charge in [0.1, 0.15) is 11.5 Å². The van der Waals surface area contributed by atoms with Crippen molar-refractivity contribution in [2.24, 2.45) is 4.99 Å². The number of ketones is 1. The maximum absolute atomic E-state index is 13.1. The standard InChI is InChI=1S/C22H16N2O2S/c1-15(25)16-9-11-18(12-10-16)24-21(17-6-3-2-4-7-17)23-20(22(24)26)14-19-8-5-13-27-19/h2-14H,1H3/b20-14-. The normalized spacial score (nSPS) is 15.3. The van der Waals surface area contributed by atoms with Crippen LogP contribution in [0.1, 0.15) is 27.7 Å². The molecular weight excluding hydrogens is 356 g/mol. The van der Waals surface area contributed by atoms with Gasteiger partial charge in [-0.2, -0.15) is 0 Å². The smallest absolute Gasteiger partial charge is 0.282 e. The van der Waals surface area contributed by atoms with Gasteiger partial charge >= 0.3 is 0 Å². The third kappa shape index (κ3) is 3.37. The molecule has 1 amide bonds. The number of hydrogen-bond acceptors (Lipinski definition) is 4. The van der Waals surface area contributed by atoms with E-state index in [0.717, 1.165) is 10.4 Å². The molecule has 5 heteroatoms. The number of nitrogens with zero attached hydrogens (tertiary/aromatic N) is 2. The second-order valence-corrected chi connectivity index (χ2v) is 7.07. The average molecular weight is 372 g/mol. The number of amides is 1. The largest absolute Gasteiger partial charge is 0.295 e. The topological polar surface area (TPSA) is 49.7 Å². The zero-order chi connectivity index (χ0) is 18.8. The monoisotopic (exact) mass is 372 g/mol. The summed E-state index contributed by atoms with van der Waals surface area (Å²) >= 11 is 1.56. The highest BCUT2D eigenvalue weighted by Gasteiger charge is 2.32. The quantitative estimate of drug-likeness (QED) is 0.489. The molecule has 0 fully saturated rings. The Morgan fingerprint density at radius 2 is 1.74 bits per heavy atom. The van der Waals surface area contributed by atoms with Crippen LogP contribution < -0.4 is 4.90 Å². The molecule has 0 unspecified atom stereocenters. The van der Waals surface area contributed by atoms with Gasteiger partial charge in [-0.05, 0) is 48.7 Å². The second kappa shape index (κ2) is 7.13. The van der Waals surface area contributed by atoms with Crippen molar-refractivity contribution in [3.8, 4) is 0 Å². The van der Waals surface area contributed by atoms with Gasteiger partial charge in [0.2, 0.25) is 0 Å². The van der Waals surface area contributed by atoms with Crippen LogP contribution in [0.25, 0.3) is 6.08 Å². The van der Waals surface area contributed by atoms with Crippen molar-refractivity contribution in [2.75, 3.05) is 4.90 Å². The van der Waals surface area contributed by atoms with E-state index in [4.69, 9.17) is 0 Å². The van der Waals surface area contributed by atoms with Gasteiger partial charge in [-0.25, -0.2) is 4.99 Å². The molecule has 0 aliphatic carbocycles. The van der Waals surface area contributed by atoms with Crippen LogP contribution >= 0.6 is 11.3 Å². The zero-order valence-electron chi connectivity index (χ0n) is 14.6. The van der Waals surface area contributed by atoms with Crippen molar-refractivity contribution in [3.05, 3.63) is 93.8 Å². The van der Waals surface area contributed by atoms with E-state index in [1.54, 1.807) is 46.6 Å². The number of Topliss-reactive ketones (excluding diaryl/α,β-unsaturated/α-hetero) is 1. The van der Waals surface area contributed by atoms with Crippen LogP contribution in [0, 0.1) is 0 Å². The summed E-state index contributed by atoms with van der Waals surface area (Å²) < 4.78 is 0. The van der Waals surface area contributed by atoms with Crippen LogP contribution in [-0.4, -0.2) is 17.5 Å². The lowest BCUT2D eigenvalue weighted by Crippen LogP contribution is -2.32. The predicted octanol–water partition coefficient (Wildman–Crippen LogP) is 4.79. The summed E-state index contributed by atoms with van der Waals surface area (Å²) in [6.07, 6.45) is 1.81. The first kappa shape index (κ1) is 17.1. The van der Waals surface area contributed by atoms with Gasteiger partial charge in [-0.3, -0.25) is 14.5 Å². The van der Waals surface area contributed by atoms with Crippen molar-refractivity contribution in [1.29, 1.82) is 0 Å². The second-order valence-electron chi connectivity index (χ2n) is 6.09. The molecule has 3 aromatic rings. The van der Waals surface area contributed by atoms with Gasteiger partial charge < -0.3 is 0 Å². The van der Waals surface area contributed by atoms with E-state index in [9.17, 15) is 9.59 Å². The lowest BCUT2D eigenvalue weighted by Gasteiger charge is -2.18. The molecule has 2 heterocycles. The molecule has 27 heavy (non-hydrogen) atoms. The highest BCUT2D eigenvalue weighted by molar-refractivity contribution is 7.10. The molecule has 0 atom stereocenters. The molecule has 4 rings (SSSR count). The summed E-state index contributed by atoms with van der Waals surface area (Å²) in [7, 11) is 0. The molecule has 0 bridgehead atoms. The molecule has 4 nitrogen and oxygen atoms in total. The number of amidine groups is 1. The number of carbonyl (C=O) groups is 2. The van der Waals surface area contributed by atoms with Crippen molar-refractivity contribution in [3.63, 3.8) is 0 Å². The summed E-state index contributed by atoms with van der Waals surface area (Å²) in [5.74, 6) is 0.390. The van der Waals surface area contributed by atoms with Gasteiger partial charge in [0, 0.05) is 16.0 Å². The third-order valence-electron chi connectivity index (χ3n) is 4.25. The minimum absolute atomic E-state index is 0.00970. The molecule has 1 aromatic heterocycles. The van der Waals surface area contributed by atoms with Crippen LogP contribution in [0.15, 0.2) is 82.8 Å². The summed E-state index contributed by atoms with van der Waals surface area (Å²) in [5, 5.41) is 1.96. The highest BCUT2D eigenvalue weighted by Crippen LogP contribution is 2.28. The van der Waals surface area contributed by atoms with E-state index in [1.807, 2.05) is 47.8 Å². The molecular formula is C22H16N2O2S. The van der Waals surface area contributed by atoms with E-state index in [-0.39, 0.29) is 11.7 Å². The van der Waals surface area contributed by atoms with Crippen molar-refractivity contribution in [2.45, 2.75) is 6.92 Å². The van der Waals surface area contributed by atoms with E-state index < -0.39 is 0 Å².